The number of hydrogen-bond donors (Lipinski definition) is 4. The van der Waals surface area contributed by atoms with Crippen molar-refractivity contribution in [3.05, 3.63) is 58.9 Å². The molecular formula is C20H28ClIN6O. The molecule has 0 atom stereocenters. The fourth-order valence-corrected chi connectivity index (χ4v) is 2.53. The van der Waals surface area contributed by atoms with E-state index in [0.29, 0.717) is 11.7 Å². The van der Waals surface area contributed by atoms with Crippen molar-refractivity contribution in [2.24, 2.45) is 4.99 Å². The summed E-state index contributed by atoms with van der Waals surface area (Å²) in [6, 6.07) is 11.3. The number of amides is 2. The quantitative estimate of drug-likeness (QED) is 0.190. The van der Waals surface area contributed by atoms with Crippen molar-refractivity contribution in [3.8, 4) is 0 Å². The molecule has 0 aliphatic carbocycles. The second-order valence-electron chi connectivity index (χ2n) is 6.54. The van der Waals surface area contributed by atoms with E-state index in [1.165, 1.54) is 0 Å². The average molecular weight is 531 g/mol. The molecule has 1 aromatic carbocycles. The Labute approximate surface area is 194 Å². The largest absolute Gasteiger partial charge is 0.356 e. The Morgan fingerprint density at radius 3 is 2.38 bits per heavy atom. The lowest BCUT2D eigenvalue weighted by Crippen LogP contribution is -2.37. The predicted octanol–water partition coefficient (Wildman–Crippen LogP) is 3.79. The highest BCUT2D eigenvalue weighted by Crippen LogP contribution is 2.09. The molecule has 0 bridgehead atoms. The van der Waals surface area contributed by atoms with Crippen LogP contribution in [0.3, 0.4) is 0 Å². The van der Waals surface area contributed by atoms with E-state index >= 15 is 0 Å². The van der Waals surface area contributed by atoms with E-state index in [0.717, 1.165) is 35.7 Å². The Bertz CT molecular complexity index is 781. The number of anilines is 1. The fraction of sp³-hybridized carbons (Fsp3) is 0.350. The number of carbonyl (C=O) groups is 1. The van der Waals surface area contributed by atoms with Crippen LogP contribution in [0.25, 0.3) is 0 Å². The third-order valence-electron chi connectivity index (χ3n) is 3.81. The molecule has 29 heavy (non-hydrogen) atoms. The van der Waals surface area contributed by atoms with Crippen molar-refractivity contribution < 1.29 is 4.79 Å². The zero-order valence-electron chi connectivity index (χ0n) is 16.8. The van der Waals surface area contributed by atoms with Gasteiger partial charge in [0.2, 0.25) is 0 Å². The predicted molar refractivity (Wildman–Crippen MR) is 130 cm³/mol. The molecule has 0 fully saturated rings. The van der Waals surface area contributed by atoms with Gasteiger partial charge in [-0.2, -0.15) is 0 Å². The Balaban J connectivity index is 0.00000420. The summed E-state index contributed by atoms with van der Waals surface area (Å²) in [5, 5.41) is 12.6. The van der Waals surface area contributed by atoms with E-state index in [4.69, 9.17) is 11.6 Å². The van der Waals surface area contributed by atoms with Crippen LogP contribution in [0, 0.1) is 0 Å². The first-order valence-electron chi connectivity index (χ1n) is 9.17. The van der Waals surface area contributed by atoms with Crippen molar-refractivity contribution >= 4 is 53.3 Å². The lowest BCUT2D eigenvalue weighted by Gasteiger charge is -2.13. The Hall–Kier alpha value is -2.07. The Morgan fingerprint density at radius 2 is 1.79 bits per heavy atom. The van der Waals surface area contributed by atoms with Crippen LogP contribution in [0.2, 0.25) is 5.15 Å². The SMILES string of the molecule is CN=C(NCCc1ccc(Cl)nc1)NCc1ccc(NC(=O)NC(C)C)cc1.I. The number of halogens is 2. The molecular weight excluding hydrogens is 503 g/mol. The molecule has 9 heteroatoms. The van der Waals surface area contributed by atoms with Gasteiger partial charge in [-0.05, 0) is 49.6 Å². The van der Waals surface area contributed by atoms with Gasteiger partial charge in [0.15, 0.2) is 5.96 Å². The van der Waals surface area contributed by atoms with Gasteiger partial charge in [-0.3, -0.25) is 4.99 Å². The summed E-state index contributed by atoms with van der Waals surface area (Å²) >= 11 is 5.79. The first kappa shape index (κ1) is 25.0. The molecule has 158 valence electrons. The number of urea groups is 1. The number of benzene rings is 1. The summed E-state index contributed by atoms with van der Waals surface area (Å²) in [7, 11) is 1.74. The van der Waals surface area contributed by atoms with E-state index in [1.54, 1.807) is 19.3 Å². The highest BCUT2D eigenvalue weighted by molar-refractivity contribution is 14.0. The number of guanidine groups is 1. The Morgan fingerprint density at radius 1 is 1.10 bits per heavy atom. The highest BCUT2D eigenvalue weighted by Gasteiger charge is 2.04. The normalized spacial score (nSPS) is 10.9. The maximum atomic E-state index is 11.7. The average Bonchev–Trinajstić information content (AvgIpc) is 2.66. The van der Waals surface area contributed by atoms with Gasteiger partial charge >= 0.3 is 6.03 Å². The van der Waals surface area contributed by atoms with Crippen LogP contribution in [0.4, 0.5) is 10.5 Å². The molecule has 0 spiro atoms. The van der Waals surface area contributed by atoms with Crippen LogP contribution in [-0.2, 0) is 13.0 Å². The zero-order chi connectivity index (χ0) is 20.4. The van der Waals surface area contributed by atoms with Gasteiger partial charge in [0.1, 0.15) is 5.15 Å². The van der Waals surface area contributed by atoms with Gasteiger partial charge in [-0.25, -0.2) is 9.78 Å². The van der Waals surface area contributed by atoms with Crippen LogP contribution >= 0.6 is 35.6 Å². The van der Waals surface area contributed by atoms with Gasteiger partial charge in [0.05, 0.1) is 0 Å². The molecule has 2 rings (SSSR count). The molecule has 0 unspecified atom stereocenters. The van der Waals surface area contributed by atoms with E-state index in [9.17, 15) is 4.79 Å². The molecule has 1 heterocycles. The number of rotatable bonds is 7. The first-order chi connectivity index (χ1) is 13.5. The van der Waals surface area contributed by atoms with E-state index in [1.807, 2.05) is 44.2 Å². The van der Waals surface area contributed by atoms with Crippen LogP contribution in [-0.4, -0.2) is 36.6 Å². The smallest absolute Gasteiger partial charge is 0.319 e. The summed E-state index contributed by atoms with van der Waals surface area (Å²) in [5.74, 6) is 0.723. The Kier molecular flexibility index (Phi) is 11.4. The molecule has 0 aliphatic heterocycles. The maximum absolute atomic E-state index is 11.7. The number of aromatic nitrogens is 1. The first-order valence-corrected chi connectivity index (χ1v) is 9.55. The van der Waals surface area contributed by atoms with Crippen LogP contribution in [0.1, 0.15) is 25.0 Å². The highest BCUT2D eigenvalue weighted by atomic mass is 127. The van der Waals surface area contributed by atoms with Crippen molar-refractivity contribution in [2.45, 2.75) is 32.9 Å². The summed E-state index contributed by atoms with van der Waals surface area (Å²) in [6.45, 7) is 5.20. The van der Waals surface area contributed by atoms with Crippen molar-refractivity contribution in [2.75, 3.05) is 18.9 Å². The van der Waals surface area contributed by atoms with Gasteiger partial charge in [0, 0.05) is 38.1 Å². The summed E-state index contributed by atoms with van der Waals surface area (Å²) in [6.07, 6.45) is 2.60. The molecule has 0 saturated heterocycles. The van der Waals surface area contributed by atoms with Crippen LogP contribution in [0.15, 0.2) is 47.6 Å². The fourth-order valence-electron chi connectivity index (χ4n) is 2.42. The van der Waals surface area contributed by atoms with Crippen molar-refractivity contribution in [1.29, 1.82) is 0 Å². The second kappa shape index (κ2) is 13.2. The third kappa shape index (κ3) is 9.80. The maximum Gasteiger partial charge on any atom is 0.319 e. The minimum atomic E-state index is -0.207. The molecule has 2 aromatic rings. The lowest BCUT2D eigenvalue weighted by atomic mass is 10.2. The van der Waals surface area contributed by atoms with Gasteiger partial charge < -0.3 is 21.3 Å². The van der Waals surface area contributed by atoms with Crippen molar-refractivity contribution in [3.63, 3.8) is 0 Å². The van der Waals surface area contributed by atoms with E-state index in [-0.39, 0.29) is 36.0 Å². The number of aliphatic imine (C=N–C) groups is 1. The van der Waals surface area contributed by atoms with Crippen molar-refractivity contribution in [1.82, 2.24) is 20.9 Å². The minimum Gasteiger partial charge on any atom is -0.356 e. The number of pyridine rings is 1. The summed E-state index contributed by atoms with van der Waals surface area (Å²) in [5.41, 5.74) is 2.94. The van der Waals surface area contributed by atoms with E-state index in [2.05, 4.69) is 31.2 Å². The molecule has 7 nitrogen and oxygen atoms in total. The molecule has 0 radical (unpaired) electrons. The second-order valence-corrected chi connectivity index (χ2v) is 6.93. The minimum absolute atomic E-state index is 0. The number of nitrogens with one attached hydrogen (secondary N) is 4. The monoisotopic (exact) mass is 530 g/mol. The van der Waals surface area contributed by atoms with Gasteiger partial charge in [-0.1, -0.05) is 29.8 Å². The summed E-state index contributed by atoms with van der Waals surface area (Å²) in [4.78, 5) is 20.0. The molecule has 1 aromatic heterocycles. The molecule has 0 aliphatic rings. The topological polar surface area (TPSA) is 90.4 Å². The van der Waals surface area contributed by atoms with Gasteiger partial charge in [0.25, 0.3) is 0 Å². The standard InChI is InChI=1S/C20H27ClN6O.HI/c1-14(2)26-20(28)27-17-7-4-15(5-8-17)13-25-19(22-3)23-11-10-16-6-9-18(21)24-12-16;/h4-9,12,14H,10-11,13H2,1-3H3,(H2,22,23,25)(H2,26,27,28);1H. The number of carbonyl (C=O) groups excluding carboxylic acids is 1. The van der Waals surface area contributed by atoms with Crippen LogP contribution < -0.4 is 21.3 Å². The molecule has 4 N–H and O–H groups in total. The lowest BCUT2D eigenvalue weighted by molar-refractivity contribution is 0.250. The van der Waals surface area contributed by atoms with Crippen LogP contribution in [0.5, 0.6) is 0 Å². The third-order valence-corrected chi connectivity index (χ3v) is 4.03. The van der Waals surface area contributed by atoms with E-state index < -0.39 is 0 Å². The molecule has 0 saturated carbocycles. The number of nitrogens with zero attached hydrogens (tertiary/aromatic N) is 2. The number of hydrogen-bond acceptors (Lipinski definition) is 3. The summed E-state index contributed by atoms with van der Waals surface area (Å²) < 4.78 is 0. The molecule has 2 amide bonds. The van der Waals surface area contributed by atoms with Gasteiger partial charge in [-0.15, -0.1) is 24.0 Å². The zero-order valence-corrected chi connectivity index (χ0v) is 19.9.